The van der Waals surface area contributed by atoms with Gasteiger partial charge in [0.15, 0.2) is 0 Å². The molecule has 0 aliphatic heterocycles. The molecule has 0 radical (unpaired) electrons. The van der Waals surface area contributed by atoms with Crippen molar-refractivity contribution in [3.63, 3.8) is 0 Å². The van der Waals surface area contributed by atoms with E-state index in [4.69, 9.17) is 47.4 Å². The van der Waals surface area contributed by atoms with E-state index in [-0.39, 0.29) is 94.2 Å². The maximum atomic E-state index is 13.8. The number of unbranched alkanes of at least 4 members (excludes halogenated alkanes) is 19. The van der Waals surface area contributed by atoms with Crippen molar-refractivity contribution in [1.82, 2.24) is 21.3 Å². The summed E-state index contributed by atoms with van der Waals surface area (Å²) in [5, 5.41) is 11.5. The Morgan fingerprint density at radius 1 is 0.274 bits per heavy atom. The highest BCUT2D eigenvalue weighted by molar-refractivity contribution is 7.99. The van der Waals surface area contributed by atoms with Gasteiger partial charge in [0.2, 0.25) is 23.6 Å². The van der Waals surface area contributed by atoms with E-state index in [0.29, 0.717) is 31.7 Å². The number of esters is 10. The van der Waals surface area contributed by atoms with Gasteiger partial charge >= 0.3 is 59.7 Å². The van der Waals surface area contributed by atoms with E-state index < -0.39 is 151 Å². The van der Waals surface area contributed by atoms with Gasteiger partial charge in [0, 0.05) is 51.1 Å². The standard InChI is InChI=1S/C77H132N4O24S/c1-13-15-17-19-21-23-25-27-29-32-41-78-65(83)38-37-63(68(86)80-42-33-30-28-26-24-22-20-18-16-14-2)81-66(84)40-43-79-64(82)35-31-34-44-106-53-62(77(95)105-12)52-61(76(94)104-11)51-60(75(93)103-10)50-59(74(92)102-9)49-58(73(91)101-8)48-57(72(90)100-7)47-56(71(89)99-6)46-55(70(88)98-5)45-54(69(87)97-4)36-39-67(85)96-3/h54-63H,13-53H2,1-12H3,(H,78,83)(H,79,82)(H,80,86)(H,81,84). The lowest BCUT2D eigenvalue weighted by Crippen LogP contribution is -2.48. The van der Waals surface area contributed by atoms with Crippen LogP contribution in [0.25, 0.3) is 0 Å². The molecule has 0 fully saturated rings. The van der Waals surface area contributed by atoms with Crippen LogP contribution >= 0.6 is 11.8 Å². The monoisotopic (exact) mass is 1530 g/mol. The largest absolute Gasteiger partial charge is 0.469 e. The van der Waals surface area contributed by atoms with Gasteiger partial charge in [-0.05, 0) is 95.6 Å². The van der Waals surface area contributed by atoms with E-state index in [1.54, 1.807) is 0 Å². The van der Waals surface area contributed by atoms with E-state index >= 15 is 0 Å². The second-order valence-corrected chi connectivity index (χ2v) is 28.4. The summed E-state index contributed by atoms with van der Waals surface area (Å²) in [4.78, 5) is 186. The van der Waals surface area contributed by atoms with Crippen LogP contribution < -0.4 is 21.3 Å². The van der Waals surface area contributed by atoms with Crippen molar-refractivity contribution in [3.05, 3.63) is 0 Å². The Labute approximate surface area is 634 Å². The summed E-state index contributed by atoms with van der Waals surface area (Å²) in [6.07, 6.45) is 21.4. The summed E-state index contributed by atoms with van der Waals surface area (Å²) in [5.41, 5.74) is 0. The van der Waals surface area contributed by atoms with Gasteiger partial charge in [-0.25, -0.2) is 0 Å². The molecule has 0 heterocycles. The van der Waals surface area contributed by atoms with Gasteiger partial charge in [0.1, 0.15) is 6.04 Å². The summed E-state index contributed by atoms with van der Waals surface area (Å²) in [6, 6.07) is -0.936. The van der Waals surface area contributed by atoms with E-state index in [9.17, 15) is 67.1 Å². The normalized spacial score (nSPS) is 13.9. The van der Waals surface area contributed by atoms with Crippen LogP contribution in [0.5, 0.6) is 0 Å². The number of methoxy groups -OCH3 is 10. The number of nitrogens with one attached hydrogen (secondary N) is 4. The topological polar surface area (TPSA) is 379 Å². The Morgan fingerprint density at radius 2 is 0.575 bits per heavy atom. The molecule has 610 valence electrons. The highest BCUT2D eigenvalue weighted by Crippen LogP contribution is 2.36. The molecule has 4 N–H and O–H groups in total. The van der Waals surface area contributed by atoms with E-state index in [1.165, 1.54) is 109 Å². The van der Waals surface area contributed by atoms with Crippen LogP contribution in [-0.2, 0) is 114 Å². The van der Waals surface area contributed by atoms with Crippen molar-refractivity contribution in [1.29, 1.82) is 0 Å². The fourth-order valence-electron chi connectivity index (χ4n) is 13.0. The van der Waals surface area contributed by atoms with Gasteiger partial charge in [-0.1, -0.05) is 129 Å². The van der Waals surface area contributed by atoms with E-state index in [1.807, 2.05) is 0 Å². The number of carbonyl (C=O) groups is 14. The van der Waals surface area contributed by atoms with Crippen LogP contribution in [0.1, 0.15) is 245 Å². The molecule has 4 amide bonds. The fraction of sp³-hybridized carbons (Fsp3) is 0.818. The zero-order chi connectivity index (χ0) is 79.5. The summed E-state index contributed by atoms with van der Waals surface area (Å²) in [6.45, 7) is 5.43. The van der Waals surface area contributed by atoms with Crippen LogP contribution in [0.4, 0.5) is 0 Å². The summed E-state index contributed by atoms with van der Waals surface area (Å²) >= 11 is 1.36. The van der Waals surface area contributed by atoms with Gasteiger partial charge in [-0.15, -0.1) is 0 Å². The lowest BCUT2D eigenvalue weighted by atomic mass is 9.77. The van der Waals surface area contributed by atoms with Gasteiger partial charge in [0.05, 0.1) is 124 Å². The summed E-state index contributed by atoms with van der Waals surface area (Å²) < 4.78 is 50.7. The summed E-state index contributed by atoms with van der Waals surface area (Å²) in [5.74, 6) is -19.7. The van der Waals surface area contributed by atoms with Crippen molar-refractivity contribution < 1.29 is 114 Å². The highest BCUT2D eigenvalue weighted by atomic mass is 32.2. The van der Waals surface area contributed by atoms with Crippen molar-refractivity contribution in [2.45, 2.75) is 251 Å². The minimum absolute atomic E-state index is 0.0103. The van der Waals surface area contributed by atoms with E-state index in [0.717, 1.165) is 102 Å². The first-order valence-corrected chi connectivity index (χ1v) is 39.5. The minimum atomic E-state index is -1.34. The SMILES string of the molecule is CCCCCCCCCCCCNC(=O)CCC(NC(=O)CCNC(=O)CCCCSCC(CC(CC(CC(CC(CC(CC(CC(CC(CCC(=O)OC)C(=O)OC)C(=O)OC)C(=O)OC)C(=O)OC)C(=O)OC)C(=O)OC)C(=O)OC)C(=O)OC)C(=O)OC)C(=O)NCCCCCCCCCCCC. The third-order valence-corrected chi connectivity index (χ3v) is 20.4. The molecule has 10 unspecified atom stereocenters. The number of rotatable bonds is 65. The fourth-order valence-corrected chi connectivity index (χ4v) is 14.2. The van der Waals surface area contributed by atoms with Crippen LogP contribution in [0.2, 0.25) is 0 Å². The molecule has 0 aliphatic carbocycles. The molecule has 0 bridgehead atoms. The predicted molar refractivity (Wildman–Crippen MR) is 397 cm³/mol. The number of hydrogen-bond donors (Lipinski definition) is 4. The zero-order valence-electron chi connectivity index (χ0n) is 66.0. The smallest absolute Gasteiger partial charge is 0.309 e. The average Bonchev–Trinajstić information content (AvgIpc) is 0.844. The molecular weight excluding hydrogens is 1400 g/mol. The lowest BCUT2D eigenvalue weighted by molar-refractivity contribution is -0.155. The molecule has 0 aromatic rings. The first-order chi connectivity index (χ1) is 50.9. The molecular formula is C77H132N4O24S. The summed E-state index contributed by atoms with van der Waals surface area (Å²) in [7, 11) is 11.1. The Morgan fingerprint density at radius 3 is 0.934 bits per heavy atom. The Hall–Kier alpha value is -7.07. The third kappa shape index (κ3) is 45.6. The molecule has 0 aromatic heterocycles. The van der Waals surface area contributed by atoms with Gasteiger partial charge in [0.25, 0.3) is 0 Å². The molecule has 0 aromatic carbocycles. The first kappa shape index (κ1) is 98.9. The molecule has 29 heteroatoms. The van der Waals surface area contributed by atoms with Gasteiger partial charge in [-0.3, -0.25) is 67.1 Å². The Kier molecular flexibility index (Phi) is 58.7. The maximum Gasteiger partial charge on any atom is 0.309 e. The molecule has 0 rings (SSSR count). The van der Waals surface area contributed by atoms with Crippen molar-refractivity contribution in [3.8, 4) is 0 Å². The van der Waals surface area contributed by atoms with Crippen molar-refractivity contribution in [2.75, 3.05) is 102 Å². The van der Waals surface area contributed by atoms with Crippen molar-refractivity contribution >= 4 is 95.1 Å². The molecule has 0 saturated carbocycles. The first-order valence-electron chi connectivity index (χ1n) is 38.4. The number of carbonyl (C=O) groups excluding carboxylic acids is 14. The minimum Gasteiger partial charge on any atom is -0.469 e. The molecule has 0 spiro atoms. The lowest BCUT2D eigenvalue weighted by Gasteiger charge is -2.29. The third-order valence-electron chi connectivity index (χ3n) is 19.2. The second kappa shape index (κ2) is 62.9. The molecule has 0 saturated heterocycles. The van der Waals surface area contributed by atoms with Crippen LogP contribution in [0.3, 0.4) is 0 Å². The van der Waals surface area contributed by atoms with E-state index in [2.05, 4.69) is 35.1 Å². The number of thioether (sulfide) groups is 1. The Bertz CT molecular complexity index is 2580. The molecule has 28 nitrogen and oxygen atoms in total. The van der Waals surface area contributed by atoms with Crippen LogP contribution in [0, 0.1) is 53.3 Å². The molecule has 10 atom stereocenters. The number of amides is 4. The highest BCUT2D eigenvalue weighted by Gasteiger charge is 2.42. The predicted octanol–water partition coefficient (Wildman–Crippen LogP) is 9.91. The van der Waals surface area contributed by atoms with Crippen LogP contribution in [-0.4, -0.2) is 192 Å². The van der Waals surface area contributed by atoms with Crippen LogP contribution in [0.15, 0.2) is 0 Å². The molecule has 106 heavy (non-hydrogen) atoms. The number of hydrogen-bond acceptors (Lipinski definition) is 25. The van der Waals surface area contributed by atoms with Gasteiger partial charge in [-0.2, -0.15) is 11.8 Å². The number of ether oxygens (including phenoxy) is 10. The average molecular weight is 1530 g/mol. The zero-order valence-corrected chi connectivity index (χ0v) is 66.8. The van der Waals surface area contributed by atoms with Crippen molar-refractivity contribution in [2.24, 2.45) is 53.3 Å². The maximum absolute atomic E-state index is 13.8. The second-order valence-electron chi connectivity index (χ2n) is 27.3. The van der Waals surface area contributed by atoms with Gasteiger partial charge < -0.3 is 68.6 Å². The Balaban J connectivity index is 6.11. The quantitative estimate of drug-likeness (QED) is 0.0250. The molecule has 0 aliphatic rings.